The molecule has 0 fully saturated rings. The van der Waals surface area contributed by atoms with Crippen LogP contribution in [0.3, 0.4) is 0 Å². The lowest BCUT2D eigenvalue weighted by Gasteiger charge is -2.41. The minimum Gasteiger partial charge on any atom is -0.547 e. The number of rotatable bonds is 12. The van der Waals surface area contributed by atoms with Gasteiger partial charge in [0.05, 0.1) is 23.7 Å². The highest BCUT2D eigenvalue weighted by atomic mass is 32.2. The molecule has 2 aromatic carbocycles. The van der Waals surface area contributed by atoms with E-state index in [-0.39, 0.29) is 16.3 Å². The third-order valence-electron chi connectivity index (χ3n) is 6.04. The molecule has 0 bridgehead atoms. The molecule has 2 unspecified atom stereocenters. The van der Waals surface area contributed by atoms with E-state index in [0.717, 1.165) is 16.9 Å². The molecular formula is C31H45NO5SSi. The minimum atomic E-state index is -1.83. The second-order valence-corrected chi connectivity index (χ2v) is 18.0. The maximum Gasteiger partial charge on any atom is 0.410 e. The van der Waals surface area contributed by atoms with Crippen LogP contribution >= 0.6 is 11.8 Å². The first-order valence-electron chi connectivity index (χ1n) is 13.6. The Hall–Kier alpha value is -2.26. The van der Waals surface area contributed by atoms with Gasteiger partial charge in [-0.05, 0) is 64.0 Å². The van der Waals surface area contributed by atoms with Gasteiger partial charge in [-0.25, -0.2) is 4.79 Å². The zero-order valence-electron chi connectivity index (χ0n) is 24.6. The predicted molar refractivity (Wildman–Crippen MR) is 162 cm³/mol. The number of ether oxygens (including phenoxy) is 3. The molecule has 0 radical (unpaired) electrons. The number of thioether (sulfide) groups is 1. The Balaban J connectivity index is 1.84. The predicted octanol–water partition coefficient (Wildman–Crippen LogP) is 7.61. The standard InChI is InChI=1S/C31H45NO5SSi/c1-30(2,3)36-29(33)32(22-25-14-10-8-11-15-25)19-18-31(24-35-23-26-16-12-9-13-17-26)21-27(37-39(5,6)7)20-28(34-4)38-31/h8-17,20,28H,18-19,21-24H2,1-7H3. The van der Waals surface area contributed by atoms with Crippen molar-refractivity contribution in [3.05, 3.63) is 83.6 Å². The summed E-state index contributed by atoms with van der Waals surface area (Å²) in [7, 11) is -0.106. The summed E-state index contributed by atoms with van der Waals surface area (Å²) >= 11 is 1.75. The first kappa shape index (κ1) is 31.3. The molecule has 1 aliphatic heterocycles. The van der Waals surface area contributed by atoms with Gasteiger partial charge in [0.25, 0.3) is 0 Å². The molecule has 1 heterocycles. The highest BCUT2D eigenvalue weighted by molar-refractivity contribution is 8.01. The van der Waals surface area contributed by atoms with Crippen molar-refractivity contribution in [3.63, 3.8) is 0 Å². The lowest BCUT2D eigenvalue weighted by Crippen LogP contribution is -2.44. The van der Waals surface area contributed by atoms with E-state index in [9.17, 15) is 4.79 Å². The Labute approximate surface area is 240 Å². The molecule has 0 spiro atoms. The van der Waals surface area contributed by atoms with Crippen molar-refractivity contribution in [2.75, 3.05) is 20.3 Å². The van der Waals surface area contributed by atoms with Crippen molar-refractivity contribution in [2.45, 2.75) is 82.2 Å². The second kappa shape index (κ2) is 13.9. The topological polar surface area (TPSA) is 57.2 Å². The summed E-state index contributed by atoms with van der Waals surface area (Å²) in [6.45, 7) is 14.3. The van der Waals surface area contributed by atoms with Crippen LogP contribution in [-0.4, -0.2) is 55.4 Å². The maximum absolute atomic E-state index is 13.3. The molecule has 1 amide bonds. The Kier molecular flexibility index (Phi) is 11.1. The van der Waals surface area contributed by atoms with E-state index in [1.54, 1.807) is 23.8 Å². The molecule has 0 saturated heterocycles. The Bertz CT molecular complexity index is 1070. The van der Waals surface area contributed by atoms with E-state index in [1.807, 2.05) is 69.3 Å². The van der Waals surface area contributed by atoms with Crippen LogP contribution in [0.1, 0.15) is 44.7 Å². The highest BCUT2D eigenvalue weighted by Crippen LogP contribution is 2.45. The van der Waals surface area contributed by atoms with Gasteiger partial charge in [-0.1, -0.05) is 60.7 Å². The zero-order valence-corrected chi connectivity index (χ0v) is 26.4. The number of allylic oxidation sites excluding steroid dienone is 1. The quantitative estimate of drug-likeness (QED) is 0.244. The van der Waals surface area contributed by atoms with Crippen LogP contribution in [0, 0.1) is 0 Å². The molecule has 39 heavy (non-hydrogen) atoms. The molecule has 6 nitrogen and oxygen atoms in total. The monoisotopic (exact) mass is 571 g/mol. The molecule has 2 aromatic rings. The van der Waals surface area contributed by atoms with E-state index in [0.29, 0.717) is 39.1 Å². The molecule has 1 aliphatic rings. The number of amides is 1. The van der Waals surface area contributed by atoms with Crippen LogP contribution < -0.4 is 0 Å². The Morgan fingerprint density at radius 2 is 1.64 bits per heavy atom. The molecule has 0 aliphatic carbocycles. The molecule has 8 heteroatoms. The minimum absolute atomic E-state index is 0.158. The number of methoxy groups -OCH3 is 1. The van der Waals surface area contributed by atoms with Gasteiger partial charge in [-0.3, -0.25) is 0 Å². The SMILES string of the molecule is COC1C=C(O[Si](C)(C)C)CC(CCN(Cc2ccccc2)C(=O)OC(C)(C)C)(COCc2ccccc2)S1. The van der Waals surface area contributed by atoms with Gasteiger partial charge >= 0.3 is 6.09 Å². The first-order valence-corrected chi connectivity index (χ1v) is 17.9. The van der Waals surface area contributed by atoms with E-state index in [2.05, 4.69) is 37.8 Å². The second-order valence-electron chi connectivity index (χ2n) is 12.0. The van der Waals surface area contributed by atoms with Crippen molar-refractivity contribution in [2.24, 2.45) is 0 Å². The number of nitrogens with zero attached hydrogens (tertiary/aromatic N) is 1. The normalized spacial score (nSPS) is 19.8. The largest absolute Gasteiger partial charge is 0.547 e. The van der Waals surface area contributed by atoms with Crippen LogP contribution in [0.15, 0.2) is 72.5 Å². The Morgan fingerprint density at radius 1 is 1.03 bits per heavy atom. The van der Waals surface area contributed by atoms with Crippen molar-refractivity contribution < 1.29 is 23.4 Å². The average molecular weight is 572 g/mol. The molecule has 214 valence electrons. The van der Waals surface area contributed by atoms with E-state index < -0.39 is 13.9 Å². The number of carbonyl (C=O) groups excluding carboxylic acids is 1. The summed E-state index contributed by atoms with van der Waals surface area (Å²) in [4.78, 5) is 15.1. The lowest BCUT2D eigenvalue weighted by atomic mass is 9.98. The highest BCUT2D eigenvalue weighted by Gasteiger charge is 2.41. The number of hydrogen-bond donors (Lipinski definition) is 0. The summed E-state index contributed by atoms with van der Waals surface area (Å²) in [6.07, 6.45) is 3.19. The van der Waals surface area contributed by atoms with Crippen molar-refractivity contribution in [1.29, 1.82) is 0 Å². The van der Waals surface area contributed by atoms with Gasteiger partial charge in [0.15, 0.2) is 0 Å². The lowest BCUT2D eigenvalue weighted by molar-refractivity contribution is 0.0210. The summed E-state index contributed by atoms with van der Waals surface area (Å²) in [5.41, 5.74) is 1.45. The first-order chi connectivity index (χ1) is 18.4. The van der Waals surface area contributed by atoms with Crippen molar-refractivity contribution in [3.8, 4) is 0 Å². The maximum atomic E-state index is 13.3. The fraction of sp³-hybridized carbons (Fsp3) is 0.516. The van der Waals surface area contributed by atoms with Gasteiger partial charge in [0, 0.05) is 26.6 Å². The molecular weight excluding hydrogens is 526 g/mol. The summed E-state index contributed by atoms with van der Waals surface area (Å²) in [5.74, 6) is 0.954. The summed E-state index contributed by atoms with van der Waals surface area (Å²) in [6, 6.07) is 20.2. The fourth-order valence-corrected chi connectivity index (χ4v) is 6.69. The van der Waals surface area contributed by atoms with E-state index >= 15 is 0 Å². The molecule has 3 rings (SSSR count). The summed E-state index contributed by atoms with van der Waals surface area (Å²) < 4.78 is 24.1. The van der Waals surface area contributed by atoms with Crippen LogP contribution in [0.5, 0.6) is 0 Å². The third kappa shape index (κ3) is 11.0. The van der Waals surface area contributed by atoms with Crippen LogP contribution in [0.25, 0.3) is 0 Å². The van der Waals surface area contributed by atoms with E-state index in [4.69, 9.17) is 18.6 Å². The number of benzene rings is 2. The zero-order chi connectivity index (χ0) is 28.5. The van der Waals surface area contributed by atoms with Gasteiger partial charge < -0.3 is 23.5 Å². The molecule has 0 N–H and O–H groups in total. The van der Waals surface area contributed by atoms with Crippen molar-refractivity contribution in [1.82, 2.24) is 4.90 Å². The van der Waals surface area contributed by atoms with E-state index in [1.165, 1.54) is 0 Å². The molecule has 0 aromatic heterocycles. The van der Waals surface area contributed by atoms with Gasteiger partial charge in [0.1, 0.15) is 11.0 Å². The van der Waals surface area contributed by atoms with Gasteiger partial charge in [-0.2, -0.15) is 0 Å². The third-order valence-corrected chi connectivity index (χ3v) is 8.44. The number of carbonyl (C=O) groups is 1. The summed E-state index contributed by atoms with van der Waals surface area (Å²) in [5, 5.41) is 0. The fourth-order valence-electron chi connectivity index (χ4n) is 4.37. The Morgan fingerprint density at radius 3 is 2.21 bits per heavy atom. The van der Waals surface area contributed by atoms with Gasteiger partial charge in [-0.15, -0.1) is 11.8 Å². The van der Waals surface area contributed by atoms with Gasteiger partial charge in [0.2, 0.25) is 8.32 Å². The average Bonchev–Trinajstić information content (AvgIpc) is 2.85. The number of hydrogen-bond acceptors (Lipinski definition) is 6. The van der Waals surface area contributed by atoms with Crippen molar-refractivity contribution >= 4 is 26.2 Å². The smallest absolute Gasteiger partial charge is 0.410 e. The van der Waals surface area contributed by atoms with Crippen LogP contribution in [-0.2, 0) is 31.8 Å². The van der Waals surface area contributed by atoms with Crippen LogP contribution in [0.2, 0.25) is 19.6 Å². The molecule has 0 saturated carbocycles. The van der Waals surface area contributed by atoms with Crippen LogP contribution in [0.4, 0.5) is 4.79 Å². The molecule has 2 atom stereocenters.